The molecule has 2 bridgehead atoms. The number of nitrogens with one attached hydrogen (secondary N) is 1. The number of aliphatic carboxylic acids is 1. The van der Waals surface area contributed by atoms with E-state index in [1.807, 2.05) is 12.1 Å². The van der Waals surface area contributed by atoms with Gasteiger partial charge < -0.3 is 0 Å². The summed E-state index contributed by atoms with van der Waals surface area (Å²) >= 11 is 4.86. The molecular formula is C19H14BrNO5SSe. The van der Waals surface area contributed by atoms with E-state index in [0.717, 1.165) is 25.9 Å². The molecule has 2 fully saturated rings. The van der Waals surface area contributed by atoms with Crippen LogP contribution >= 0.6 is 27.7 Å². The van der Waals surface area contributed by atoms with E-state index in [2.05, 4.69) is 20.9 Å². The second-order valence-electron chi connectivity index (χ2n) is 7.90. The van der Waals surface area contributed by atoms with Gasteiger partial charge in [0.15, 0.2) is 0 Å². The van der Waals surface area contributed by atoms with Crippen LogP contribution in [0.2, 0.25) is 0 Å². The number of hydrogen-bond acceptors (Lipinski definition) is 5. The molecule has 0 spiro atoms. The van der Waals surface area contributed by atoms with E-state index >= 15 is 0 Å². The van der Waals surface area contributed by atoms with Gasteiger partial charge in [-0.15, -0.1) is 0 Å². The van der Waals surface area contributed by atoms with Gasteiger partial charge >= 0.3 is 178 Å². The first-order valence-electron chi connectivity index (χ1n) is 9.07. The predicted molar refractivity (Wildman–Crippen MR) is 105 cm³/mol. The number of carboxylic acid groups (broad SMARTS) is 1. The van der Waals surface area contributed by atoms with E-state index in [1.165, 1.54) is 0 Å². The Morgan fingerprint density at radius 3 is 2.93 bits per heavy atom. The van der Waals surface area contributed by atoms with Crippen LogP contribution in [0.25, 0.3) is 0 Å². The predicted octanol–water partition coefficient (Wildman–Crippen LogP) is 2.30. The summed E-state index contributed by atoms with van der Waals surface area (Å²) in [4.78, 5) is 40.3. The van der Waals surface area contributed by atoms with Crippen molar-refractivity contribution in [2.24, 2.45) is 29.6 Å². The quantitative estimate of drug-likeness (QED) is 0.336. The van der Waals surface area contributed by atoms with E-state index in [9.17, 15) is 19.5 Å². The molecule has 144 valence electrons. The number of hydrogen-bond donors (Lipinski definition) is 2. The Morgan fingerprint density at radius 2 is 2.14 bits per heavy atom. The van der Waals surface area contributed by atoms with E-state index in [4.69, 9.17) is 4.74 Å². The summed E-state index contributed by atoms with van der Waals surface area (Å²) in [7, 11) is 0. The third-order valence-corrected chi connectivity index (χ3v) is 11.1. The molecule has 2 N–H and O–H groups in total. The van der Waals surface area contributed by atoms with Gasteiger partial charge in [-0.1, -0.05) is 0 Å². The van der Waals surface area contributed by atoms with Gasteiger partial charge in [0.25, 0.3) is 0 Å². The van der Waals surface area contributed by atoms with Crippen molar-refractivity contribution in [3.63, 3.8) is 0 Å². The number of aromatic amines is 1. The van der Waals surface area contributed by atoms with E-state index in [0.29, 0.717) is 5.75 Å². The molecular weight excluding hydrogens is 513 g/mol. The van der Waals surface area contributed by atoms with Gasteiger partial charge in [-0.2, -0.15) is 0 Å². The maximum absolute atomic E-state index is 13.0. The summed E-state index contributed by atoms with van der Waals surface area (Å²) < 4.78 is 7.83. The van der Waals surface area contributed by atoms with E-state index in [1.54, 1.807) is 17.8 Å². The zero-order chi connectivity index (χ0) is 19.3. The molecule has 6 nitrogen and oxygen atoms in total. The van der Waals surface area contributed by atoms with Gasteiger partial charge in [0.2, 0.25) is 0 Å². The van der Waals surface area contributed by atoms with Crippen LogP contribution in [0.4, 0.5) is 0 Å². The van der Waals surface area contributed by atoms with Gasteiger partial charge in [-0.3, -0.25) is 0 Å². The second-order valence-corrected chi connectivity index (χ2v) is 12.1. The summed E-state index contributed by atoms with van der Waals surface area (Å²) in [6, 6.07) is 5.59. The van der Waals surface area contributed by atoms with Crippen LogP contribution < -0.4 is 9.17 Å². The molecule has 2 aliphatic carbocycles. The molecule has 6 rings (SSSR count). The Kier molecular flexibility index (Phi) is 3.69. The fourth-order valence-electron chi connectivity index (χ4n) is 5.97. The number of carboxylic acids is 1. The van der Waals surface area contributed by atoms with E-state index in [-0.39, 0.29) is 47.9 Å². The van der Waals surface area contributed by atoms with Crippen molar-refractivity contribution >= 4 is 54.1 Å². The van der Waals surface area contributed by atoms with Crippen molar-refractivity contribution in [3.8, 4) is 5.75 Å². The summed E-state index contributed by atoms with van der Waals surface area (Å²) in [5.41, 5.74) is 0.932. The Balaban J connectivity index is 1.64. The topological polar surface area (TPSA) is 96.5 Å². The zero-order valence-electron chi connectivity index (χ0n) is 14.3. The molecule has 1 aromatic carbocycles. The van der Waals surface area contributed by atoms with Crippen molar-refractivity contribution in [1.82, 2.24) is 4.98 Å². The SMILES string of the molecule is O=C(O)C1C2CC3C1C(=O)Oc1ccc(Br)cc1C1c4[se]c(=O)[nH]c4SC2C13. The number of esters is 1. The summed E-state index contributed by atoms with van der Waals surface area (Å²) in [6.45, 7) is 0. The van der Waals surface area contributed by atoms with Crippen LogP contribution in [0.3, 0.4) is 0 Å². The van der Waals surface area contributed by atoms with Crippen LogP contribution in [-0.2, 0) is 9.59 Å². The number of aromatic nitrogens is 1. The van der Waals surface area contributed by atoms with Crippen LogP contribution in [0, 0.1) is 29.6 Å². The Bertz CT molecular complexity index is 1110. The molecule has 3 heterocycles. The molecule has 2 aliphatic heterocycles. The van der Waals surface area contributed by atoms with Crippen molar-refractivity contribution in [1.29, 1.82) is 0 Å². The second kappa shape index (κ2) is 5.88. The number of rotatable bonds is 1. The average molecular weight is 527 g/mol. The summed E-state index contributed by atoms with van der Waals surface area (Å²) in [6.07, 6.45) is 0.737. The fraction of sp³-hybridized carbons (Fsp3) is 0.421. The molecule has 0 saturated heterocycles. The number of ether oxygens (including phenoxy) is 1. The summed E-state index contributed by atoms with van der Waals surface area (Å²) in [5, 5.41) is 10.9. The minimum atomic E-state index is -0.916. The minimum absolute atomic E-state index is 0.00644. The molecule has 7 atom stereocenters. The third kappa shape index (κ3) is 2.19. The van der Waals surface area contributed by atoms with E-state index < -0.39 is 23.8 Å². The summed E-state index contributed by atoms with van der Waals surface area (Å²) in [5.74, 6) is -2.12. The van der Waals surface area contributed by atoms with Gasteiger partial charge in [-0.05, 0) is 0 Å². The number of H-pyrrole nitrogens is 1. The van der Waals surface area contributed by atoms with Crippen LogP contribution in [0.1, 0.15) is 22.3 Å². The molecule has 0 amide bonds. The molecule has 2 aromatic rings. The molecule has 28 heavy (non-hydrogen) atoms. The molecule has 9 heteroatoms. The normalized spacial score (nSPS) is 36.9. The molecule has 7 unspecified atom stereocenters. The molecule has 2 saturated carbocycles. The average Bonchev–Trinajstić information content (AvgIpc) is 3.30. The first-order valence-corrected chi connectivity index (χ1v) is 12.5. The van der Waals surface area contributed by atoms with Crippen molar-refractivity contribution < 1.29 is 19.4 Å². The van der Waals surface area contributed by atoms with Gasteiger partial charge in [0.1, 0.15) is 0 Å². The first-order chi connectivity index (χ1) is 13.4. The van der Waals surface area contributed by atoms with Crippen molar-refractivity contribution in [3.05, 3.63) is 41.9 Å². The van der Waals surface area contributed by atoms with Gasteiger partial charge in [-0.25, -0.2) is 0 Å². The number of carbonyl (C=O) groups excluding carboxylic acids is 1. The van der Waals surface area contributed by atoms with Crippen LogP contribution in [0.15, 0.2) is 32.5 Å². The number of fused-ring (bicyclic) bond motifs is 6. The Labute approximate surface area is 177 Å². The van der Waals surface area contributed by atoms with Gasteiger partial charge in [0.05, 0.1) is 0 Å². The van der Waals surface area contributed by atoms with Gasteiger partial charge in [0, 0.05) is 0 Å². The number of halogens is 1. The molecule has 0 radical (unpaired) electrons. The third-order valence-electron chi connectivity index (χ3n) is 6.79. The number of carbonyl (C=O) groups is 2. The fourth-order valence-corrected chi connectivity index (χ4v) is 10.6. The number of thioether (sulfide) groups is 1. The Hall–Kier alpha value is -1.28. The zero-order valence-corrected chi connectivity index (χ0v) is 18.4. The molecule has 1 aromatic heterocycles. The van der Waals surface area contributed by atoms with Crippen LogP contribution in [-0.4, -0.2) is 41.8 Å². The maximum atomic E-state index is 13.0. The van der Waals surface area contributed by atoms with Crippen LogP contribution in [0.5, 0.6) is 5.75 Å². The standard InChI is InChI=1S/C19H14BrNO5SSe/c20-5-1-2-9-6(3-5)11-10-7-4-8(12(17(22)23)13(7)18(24)26-9)14(10)27-16-15(11)28-19(25)21-16/h1-3,7-8,10-14H,4H2,(H,21,25)(H,22,23). The van der Waals surface area contributed by atoms with Crippen molar-refractivity contribution in [2.75, 3.05) is 0 Å². The van der Waals surface area contributed by atoms with Crippen molar-refractivity contribution in [2.45, 2.75) is 22.6 Å². The monoisotopic (exact) mass is 527 g/mol. The first kappa shape index (κ1) is 17.6. The number of benzene rings is 1. The molecule has 4 aliphatic rings. The Morgan fingerprint density at radius 1 is 1.32 bits per heavy atom.